The minimum Gasteiger partial charge on any atom is -0.465 e. The van der Waals surface area contributed by atoms with Crippen LogP contribution in [0.2, 0.25) is 0 Å². The SMILES string of the molecule is CCOC(=O)C1NCCc2ccccc21. The molecule has 0 bridgehead atoms. The van der Waals surface area contributed by atoms with E-state index in [-0.39, 0.29) is 12.0 Å². The third-order valence-electron chi connectivity index (χ3n) is 2.63. The lowest BCUT2D eigenvalue weighted by molar-refractivity contribution is -0.146. The van der Waals surface area contributed by atoms with Crippen LogP contribution in [0.5, 0.6) is 0 Å². The first-order valence-corrected chi connectivity index (χ1v) is 5.30. The Kier molecular flexibility index (Phi) is 3.02. The van der Waals surface area contributed by atoms with Gasteiger partial charge in [-0.2, -0.15) is 0 Å². The van der Waals surface area contributed by atoms with Gasteiger partial charge in [0.1, 0.15) is 6.04 Å². The number of carbonyl (C=O) groups excluding carboxylic acids is 1. The molecule has 0 aliphatic carbocycles. The molecule has 0 amide bonds. The predicted octanol–water partition coefficient (Wildman–Crippen LogP) is 1.44. The van der Waals surface area contributed by atoms with E-state index in [0.29, 0.717) is 6.61 Å². The Morgan fingerprint density at radius 1 is 1.53 bits per heavy atom. The van der Waals surface area contributed by atoms with Gasteiger partial charge in [0, 0.05) is 6.54 Å². The average Bonchev–Trinajstić information content (AvgIpc) is 2.28. The number of ether oxygens (including phenoxy) is 1. The van der Waals surface area contributed by atoms with Gasteiger partial charge in [0.2, 0.25) is 0 Å². The van der Waals surface area contributed by atoms with Crippen LogP contribution in [-0.4, -0.2) is 19.1 Å². The van der Waals surface area contributed by atoms with Gasteiger partial charge in [-0.15, -0.1) is 0 Å². The first kappa shape index (κ1) is 10.2. The van der Waals surface area contributed by atoms with Crippen molar-refractivity contribution in [1.29, 1.82) is 0 Å². The number of carbonyl (C=O) groups is 1. The first-order chi connectivity index (χ1) is 7.33. The van der Waals surface area contributed by atoms with Gasteiger partial charge in [-0.25, -0.2) is 4.79 Å². The maximum atomic E-state index is 11.7. The Bertz CT molecular complexity index is 362. The molecule has 15 heavy (non-hydrogen) atoms. The summed E-state index contributed by atoms with van der Waals surface area (Å²) < 4.78 is 5.04. The van der Waals surface area contributed by atoms with Gasteiger partial charge in [-0.1, -0.05) is 24.3 Å². The quantitative estimate of drug-likeness (QED) is 0.742. The minimum atomic E-state index is -0.283. The summed E-state index contributed by atoms with van der Waals surface area (Å²) in [6.07, 6.45) is 0.978. The number of hydrogen-bond acceptors (Lipinski definition) is 3. The highest BCUT2D eigenvalue weighted by atomic mass is 16.5. The van der Waals surface area contributed by atoms with Crippen LogP contribution in [0, 0.1) is 0 Å². The van der Waals surface area contributed by atoms with Crippen molar-refractivity contribution in [3.05, 3.63) is 35.4 Å². The molecule has 1 aliphatic heterocycles. The largest absolute Gasteiger partial charge is 0.465 e. The summed E-state index contributed by atoms with van der Waals surface area (Å²) in [7, 11) is 0. The maximum Gasteiger partial charge on any atom is 0.327 e. The van der Waals surface area contributed by atoms with Crippen LogP contribution >= 0.6 is 0 Å². The van der Waals surface area contributed by atoms with Gasteiger partial charge in [0.15, 0.2) is 0 Å². The van der Waals surface area contributed by atoms with E-state index in [4.69, 9.17) is 4.74 Å². The van der Waals surface area contributed by atoms with E-state index in [1.165, 1.54) is 5.56 Å². The third-order valence-corrected chi connectivity index (χ3v) is 2.63. The molecule has 0 radical (unpaired) electrons. The average molecular weight is 205 g/mol. The van der Waals surface area contributed by atoms with Crippen LogP contribution in [0.3, 0.4) is 0 Å². The molecule has 1 atom stereocenters. The van der Waals surface area contributed by atoms with E-state index in [1.807, 2.05) is 25.1 Å². The highest BCUT2D eigenvalue weighted by molar-refractivity contribution is 5.78. The molecule has 1 heterocycles. The van der Waals surface area contributed by atoms with Gasteiger partial charge in [0.05, 0.1) is 6.61 Å². The summed E-state index contributed by atoms with van der Waals surface area (Å²) in [5, 5.41) is 3.19. The Balaban J connectivity index is 2.25. The molecule has 1 aromatic rings. The number of nitrogens with one attached hydrogen (secondary N) is 1. The third kappa shape index (κ3) is 2.02. The molecule has 0 spiro atoms. The summed E-state index contributed by atoms with van der Waals surface area (Å²) in [6, 6.07) is 7.74. The number of benzene rings is 1. The van der Waals surface area contributed by atoms with Crippen molar-refractivity contribution in [2.24, 2.45) is 0 Å². The monoisotopic (exact) mass is 205 g/mol. The zero-order valence-corrected chi connectivity index (χ0v) is 8.82. The molecular formula is C12H15NO2. The molecule has 1 aromatic carbocycles. The lowest BCUT2D eigenvalue weighted by Gasteiger charge is -2.25. The zero-order chi connectivity index (χ0) is 10.7. The Labute approximate surface area is 89.4 Å². The fourth-order valence-electron chi connectivity index (χ4n) is 1.94. The van der Waals surface area contributed by atoms with E-state index in [0.717, 1.165) is 18.5 Å². The molecular weight excluding hydrogens is 190 g/mol. The molecule has 0 aromatic heterocycles. The van der Waals surface area contributed by atoms with Crippen molar-refractivity contribution in [1.82, 2.24) is 5.32 Å². The normalized spacial score (nSPS) is 19.4. The van der Waals surface area contributed by atoms with Gasteiger partial charge in [-0.3, -0.25) is 0 Å². The van der Waals surface area contributed by atoms with Gasteiger partial charge in [0.25, 0.3) is 0 Å². The highest BCUT2D eigenvalue weighted by Crippen LogP contribution is 2.23. The summed E-state index contributed by atoms with van der Waals surface area (Å²) in [5.74, 6) is -0.176. The van der Waals surface area contributed by atoms with Crippen molar-refractivity contribution < 1.29 is 9.53 Å². The molecule has 80 valence electrons. The summed E-state index contributed by atoms with van der Waals surface area (Å²) >= 11 is 0. The van der Waals surface area contributed by atoms with Crippen LogP contribution in [-0.2, 0) is 16.0 Å². The smallest absolute Gasteiger partial charge is 0.327 e. The Hall–Kier alpha value is -1.35. The van der Waals surface area contributed by atoms with Crippen molar-refractivity contribution in [2.75, 3.05) is 13.2 Å². The van der Waals surface area contributed by atoms with E-state index >= 15 is 0 Å². The van der Waals surface area contributed by atoms with E-state index in [2.05, 4.69) is 11.4 Å². The van der Waals surface area contributed by atoms with Crippen LogP contribution in [0.1, 0.15) is 24.1 Å². The fraction of sp³-hybridized carbons (Fsp3) is 0.417. The molecule has 0 saturated heterocycles. The van der Waals surface area contributed by atoms with Crippen LogP contribution in [0.4, 0.5) is 0 Å². The standard InChI is InChI=1S/C12H15NO2/c1-2-15-12(14)11-10-6-4-3-5-9(10)7-8-13-11/h3-6,11,13H,2,7-8H2,1H3. The second-order valence-electron chi connectivity index (χ2n) is 3.59. The van der Waals surface area contributed by atoms with Crippen molar-refractivity contribution in [3.63, 3.8) is 0 Å². The van der Waals surface area contributed by atoms with Gasteiger partial charge < -0.3 is 10.1 Å². The topological polar surface area (TPSA) is 38.3 Å². The minimum absolute atomic E-state index is 0.176. The summed E-state index contributed by atoms with van der Waals surface area (Å²) in [5.41, 5.74) is 2.30. The number of esters is 1. The number of rotatable bonds is 2. The van der Waals surface area contributed by atoms with E-state index in [1.54, 1.807) is 0 Å². The van der Waals surface area contributed by atoms with E-state index in [9.17, 15) is 4.79 Å². The molecule has 1 unspecified atom stereocenters. The van der Waals surface area contributed by atoms with Crippen molar-refractivity contribution in [2.45, 2.75) is 19.4 Å². The van der Waals surface area contributed by atoms with Crippen LogP contribution < -0.4 is 5.32 Å². The lowest BCUT2D eigenvalue weighted by atomic mass is 9.94. The second kappa shape index (κ2) is 4.45. The fourth-order valence-corrected chi connectivity index (χ4v) is 1.94. The Morgan fingerprint density at radius 3 is 3.13 bits per heavy atom. The Morgan fingerprint density at radius 2 is 2.33 bits per heavy atom. The zero-order valence-electron chi connectivity index (χ0n) is 8.82. The summed E-state index contributed by atoms with van der Waals surface area (Å²) in [4.78, 5) is 11.7. The number of fused-ring (bicyclic) bond motifs is 1. The molecule has 1 N–H and O–H groups in total. The molecule has 1 aliphatic rings. The molecule has 0 saturated carbocycles. The molecule has 3 nitrogen and oxygen atoms in total. The highest BCUT2D eigenvalue weighted by Gasteiger charge is 2.26. The van der Waals surface area contributed by atoms with Crippen molar-refractivity contribution in [3.8, 4) is 0 Å². The van der Waals surface area contributed by atoms with Crippen LogP contribution in [0.25, 0.3) is 0 Å². The molecule has 2 rings (SSSR count). The summed E-state index contributed by atoms with van der Waals surface area (Å²) in [6.45, 7) is 3.09. The van der Waals surface area contributed by atoms with Crippen molar-refractivity contribution >= 4 is 5.97 Å². The molecule has 3 heteroatoms. The second-order valence-corrected chi connectivity index (χ2v) is 3.59. The lowest BCUT2D eigenvalue weighted by Crippen LogP contribution is -2.36. The van der Waals surface area contributed by atoms with Gasteiger partial charge >= 0.3 is 5.97 Å². The van der Waals surface area contributed by atoms with E-state index < -0.39 is 0 Å². The predicted molar refractivity (Wildman–Crippen MR) is 57.5 cm³/mol. The van der Waals surface area contributed by atoms with Gasteiger partial charge in [-0.05, 0) is 24.5 Å². The first-order valence-electron chi connectivity index (χ1n) is 5.30. The maximum absolute atomic E-state index is 11.7. The number of hydrogen-bond donors (Lipinski definition) is 1. The van der Waals surface area contributed by atoms with Crippen LogP contribution in [0.15, 0.2) is 24.3 Å². The molecule has 0 fully saturated rings.